The van der Waals surface area contributed by atoms with E-state index in [9.17, 15) is 9.90 Å². The van der Waals surface area contributed by atoms with E-state index in [-0.39, 0.29) is 12.0 Å². The topological polar surface area (TPSA) is 61.8 Å². The molecule has 3 rings (SSSR count). The number of aliphatic hydroxyl groups excluding tert-OH is 1. The maximum absolute atomic E-state index is 12.1. The monoisotopic (exact) mass is 560 g/mol. The van der Waals surface area contributed by atoms with Gasteiger partial charge in [-0.2, -0.15) is 0 Å². The molecule has 3 aromatic carbocycles. The number of nitrogens with one attached hydrogen (secondary N) is 1. The highest BCUT2D eigenvalue weighted by molar-refractivity contribution is 5.93. The van der Waals surface area contributed by atoms with Gasteiger partial charge in [0.1, 0.15) is 0 Å². The van der Waals surface area contributed by atoms with Gasteiger partial charge in [0.2, 0.25) is 5.91 Å². The molecule has 0 saturated carbocycles. The van der Waals surface area contributed by atoms with E-state index in [0.717, 1.165) is 61.2 Å². The van der Waals surface area contributed by atoms with Gasteiger partial charge in [-0.15, -0.1) is 0 Å². The summed E-state index contributed by atoms with van der Waals surface area (Å²) in [6.45, 7) is 13.9. The van der Waals surface area contributed by atoms with Gasteiger partial charge in [0, 0.05) is 5.69 Å². The Balaban J connectivity index is 0.000000290. The lowest BCUT2D eigenvalue weighted by Crippen LogP contribution is -2.34. The van der Waals surface area contributed by atoms with E-state index in [1.54, 1.807) is 0 Å². The molecular formula is C36H52N2O3. The summed E-state index contributed by atoms with van der Waals surface area (Å²) in [5.74, 6) is 0.0827. The first-order chi connectivity index (χ1) is 19.9. The van der Waals surface area contributed by atoms with Crippen LogP contribution in [0, 0.1) is 13.8 Å². The molecule has 0 heterocycles. The molecule has 0 aliphatic heterocycles. The molecular weight excluding hydrogens is 508 g/mol. The highest BCUT2D eigenvalue weighted by Crippen LogP contribution is 2.20. The van der Waals surface area contributed by atoms with E-state index in [1.165, 1.54) is 24.0 Å². The molecule has 3 aromatic rings. The lowest BCUT2D eigenvalue weighted by atomic mass is 10.0. The maximum Gasteiger partial charge on any atom is 0.238 e. The summed E-state index contributed by atoms with van der Waals surface area (Å²) in [5, 5.41) is 12.9. The molecule has 0 spiro atoms. The van der Waals surface area contributed by atoms with Crippen molar-refractivity contribution in [3.8, 4) is 11.1 Å². The van der Waals surface area contributed by atoms with Crippen molar-refractivity contribution in [3.63, 3.8) is 0 Å². The van der Waals surface area contributed by atoms with Crippen molar-refractivity contribution >= 4 is 11.6 Å². The van der Waals surface area contributed by atoms with Crippen molar-refractivity contribution in [1.29, 1.82) is 0 Å². The number of benzene rings is 3. The first kappa shape index (κ1) is 34.2. The largest absolute Gasteiger partial charge is 0.391 e. The molecule has 0 aliphatic rings. The predicted octanol–water partition coefficient (Wildman–Crippen LogP) is 8.18. The van der Waals surface area contributed by atoms with Gasteiger partial charge in [-0.1, -0.05) is 113 Å². The number of carbonyl (C=O) groups is 1. The first-order valence-electron chi connectivity index (χ1n) is 15.4. The molecule has 224 valence electrons. The second-order valence-corrected chi connectivity index (χ2v) is 10.8. The second-order valence-electron chi connectivity index (χ2n) is 10.8. The van der Waals surface area contributed by atoms with Crippen LogP contribution in [0.5, 0.6) is 0 Å². The molecule has 0 aliphatic carbocycles. The molecule has 1 atom stereocenters. The Kier molecular flexibility index (Phi) is 16.7. The van der Waals surface area contributed by atoms with Gasteiger partial charge >= 0.3 is 0 Å². The average Bonchev–Trinajstić information content (AvgIpc) is 2.97. The highest BCUT2D eigenvalue weighted by atomic mass is 16.5. The van der Waals surface area contributed by atoms with Gasteiger partial charge in [-0.25, -0.2) is 0 Å². The standard InChI is InChI=1S/C20H26O2.C16H26N2O/c1-2-3-5-10-20(21)16-22-15-17-11-13-19(14-12-17)18-8-6-4-7-9-18;1-5-10-18(11-6-2)12-15(19)17-16-13(3)8-7-9-14(16)4/h4,6-9,11-14,20-21H,2-3,5,10,15-16H2,1H3;7-9H,5-6,10-12H2,1-4H3,(H,17,19). The highest BCUT2D eigenvalue weighted by Gasteiger charge is 2.11. The second kappa shape index (κ2) is 20.0. The van der Waals surface area contributed by atoms with Crippen LogP contribution in [0.2, 0.25) is 0 Å². The zero-order chi connectivity index (χ0) is 29.9. The molecule has 0 bridgehead atoms. The molecule has 5 heteroatoms. The summed E-state index contributed by atoms with van der Waals surface area (Å²) in [5.41, 5.74) is 6.77. The number of amides is 1. The van der Waals surface area contributed by atoms with Crippen LogP contribution in [0.4, 0.5) is 5.69 Å². The van der Waals surface area contributed by atoms with Gasteiger partial charge in [-0.05, 0) is 74.0 Å². The van der Waals surface area contributed by atoms with E-state index in [2.05, 4.69) is 67.4 Å². The van der Waals surface area contributed by atoms with Crippen LogP contribution in [0.1, 0.15) is 76.0 Å². The summed E-state index contributed by atoms with van der Waals surface area (Å²) in [6, 6.07) is 24.8. The number of ether oxygens (including phenoxy) is 1. The molecule has 0 aromatic heterocycles. The number of nitrogens with zero attached hydrogens (tertiary/aromatic N) is 1. The van der Waals surface area contributed by atoms with Crippen molar-refractivity contribution in [1.82, 2.24) is 4.90 Å². The van der Waals surface area contributed by atoms with Gasteiger partial charge in [-0.3, -0.25) is 9.69 Å². The third-order valence-electron chi connectivity index (χ3n) is 6.97. The van der Waals surface area contributed by atoms with E-state index in [1.807, 2.05) is 50.2 Å². The van der Waals surface area contributed by atoms with Gasteiger partial charge in [0.15, 0.2) is 0 Å². The smallest absolute Gasteiger partial charge is 0.238 e. The predicted molar refractivity (Wildman–Crippen MR) is 173 cm³/mol. The Labute approximate surface area is 248 Å². The summed E-state index contributed by atoms with van der Waals surface area (Å²) >= 11 is 0. The van der Waals surface area contributed by atoms with Crippen molar-refractivity contribution in [2.24, 2.45) is 0 Å². The van der Waals surface area contributed by atoms with Crippen molar-refractivity contribution in [2.75, 3.05) is 31.6 Å². The third kappa shape index (κ3) is 13.5. The van der Waals surface area contributed by atoms with Crippen molar-refractivity contribution in [3.05, 3.63) is 89.5 Å². The maximum atomic E-state index is 12.1. The van der Waals surface area contributed by atoms with E-state index >= 15 is 0 Å². The molecule has 1 unspecified atom stereocenters. The molecule has 0 radical (unpaired) electrons. The minimum absolute atomic E-state index is 0.0827. The molecule has 1 amide bonds. The lowest BCUT2D eigenvalue weighted by molar-refractivity contribution is -0.117. The van der Waals surface area contributed by atoms with Crippen LogP contribution in [-0.2, 0) is 16.1 Å². The molecule has 0 fully saturated rings. The summed E-state index contributed by atoms with van der Waals surface area (Å²) in [6.07, 6.45) is 6.09. The Morgan fingerprint density at radius 1 is 0.805 bits per heavy atom. The Hall–Kier alpha value is -2.99. The zero-order valence-corrected chi connectivity index (χ0v) is 26.0. The number of rotatable bonds is 16. The lowest BCUT2D eigenvalue weighted by Gasteiger charge is -2.21. The van der Waals surface area contributed by atoms with Gasteiger partial charge in [0.25, 0.3) is 0 Å². The fourth-order valence-corrected chi connectivity index (χ4v) is 4.75. The zero-order valence-electron chi connectivity index (χ0n) is 26.0. The molecule has 41 heavy (non-hydrogen) atoms. The molecule has 2 N–H and O–H groups in total. The Bertz CT molecular complexity index is 1090. The van der Waals surface area contributed by atoms with Crippen LogP contribution in [-0.4, -0.2) is 48.3 Å². The van der Waals surface area contributed by atoms with Crippen LogP contribution >= 0.6 is 0 Å². The Morgan fingerprint density at radius 3 is 2.00 bits per heavy atom. The number of para-hydroxylation sites is 1. The fraction of sp³-hybridized carbons (Fsp3) is 0.472. The molecule has 5 nitrogen and oxygen atoms in total. The molecule has 0 saturated heterocycles. The summed E-state index contributed by atoms with van der Waals surface area (Å²) in [7, 11) is 0. The fourth-order valence-electron chi connectivity index (χ4n) is 4.75. The quantitative estimate of drug-likeness (QED) is 0.173. The number of hydrogen-bond donors (Lipinski definition) is 2. The summed E-state index contributed by atoms with van der Waals surface area (Å²) < 4.78 is 5.61. The minimum Gasteiger partial charge on any atom is -0.391 e. The number of carbonyl (C=O) groups excluding carboxylic acids is 1. The first-order valence-corrected chi connectivity index (χ1v) is 15.4. The van der Waals surface area contributed by atoms with Gasteiger partial charge in [0.05, 0.1) is 25.9 Å². The van der Waals surface area contributed by atoms with Crippen LogP contribution in [0.15, 0.2) is 72.8 Å². The van der Waals surface area contributed by atoms with Crippen LogP contribution in [0.25, 0.3) is 11.1 Å². The van der Waals surface area contributed by atoms with E-state index in [4.69, 9.17) is 4.74 Å². The summed E-state index contributed by atoms with van der Waals surface area (Å²) in [4.78, 5) is 14.3. The average molecular weight is 561 g/mol. The normalized spacial score (nSPS) is 11.6. The minimum atomic E-state index is -0.338. The number of aliphatic hydroxyl groups is 1. The van der Waals surface area contributed by atoms with Crippen LogP contribution in [0.3, 0.4) is 0 Å². The van der Waals surface area contributed by atoms with E-state index in [0.29, 0.717) is 19.8 Å². The Morgan fingerprint density at radius 2 is 1.41 bits per heavy atom. The van der Waals surface area contributed by atoms with Gasteiger partial charge < -0.3 is 15.2 Å². The third-order valence-corrected chi connectivity index (χ3v) is 6.97. The number of unbranched alkanes of at least 4 members (excludes halogenated alkanes) is 2. The van der Waals surface area contributed by atoms with Crippen LogP contribution < -0.4 is 5.32 Å². The van der Waals surface area contributed by atoms with E-state index < -0.39 is 0 Å². The number of aryl methyl sites for hydroxylation is 2. The van der Waals surface area contributed by atoms with Crippen molar-refractivity contribution < 1.29 is 14.6 Å². The van der Waals surface area contributed by atoms with Crippen molar-refractivity contribution in [2.45, 2.75) is 85.9 Å². The number of hydrogen-bond acceptors (Lipinski definition) is 4. The number of anilines is 1. The SMILES string of the molecule is CCCCCC(O)COCc1ccc(-c2ccccc2)cc1.CCCN(CCC)CC(=O)Nc1c(C)cccc1C.